The van der Waals surface area contributed by atoms with Crippen molar-refractivity contribution in [2.45, 2.75) is 186 Å². The lowest BCUT2D eigenvalue weighted by Crippen LogP contribution is -2.69. The van der Waals surface area contributed by atoms with Crippen molar-refractivity contribution in [3.63, 3.8) is 0 Å². The topological polar surface area (TPSA) is 199 Å². The third-order valence-corrected chi connectivity index (χ3v) is 30.0. The number of rotatable bonds is 14. The highest BCUT2D eigenvalue weighted by atomic mass is 28.3. The molecule has 13 nitrogen and oxygen atoms in total. The molecule has 22 heteroatoms. The van der Waals surface area contributed by atoms with Crippen LogP contribution in [0.1, 0.15) is 110 Å². The van der Waals surface area contributed by atoms with Crippen LogP contribution in [0.5, 0.6) is 0 Å². The molecule has 12 aliphatic carbocycles. The first-order valence-corrected chi connectivity index (χ1v) is 41.6. The van der Waals surface area contributed by atoms with Crippen molar-refractivity contribution in [3.05, 3.63) is 166 Å². The number of allylic oxidation sites excluding steroid dienone is 15. The lowest BCUT2D eigenvalue weighted by atomic mass is 9.43. The number of alkyl halides is 8. The molecule has 1 aliphatic heterocycles. The average molecular weight is 1510 g/mol. The van der Waals surface area contributed by atoms with E-state index in [1.165, 1.54) is 61.2 Å². The number of hydrogen-bond acceptors (Lipinski definition) is 13. The molecular formula is C85H104F8N2O11Si. The Labute approximate surface area is 623 Å². The Balaban J connectivity index is 0.000000138. The Kier molecular flexibility index (Phi) is 21.6. The number of methoxy groups -OCH3 is 1. The number of hydrogen-bond donors (Lipinski definition) is 4. The van der Waals surface area contributed by atoms with Crippen LogP contribution in [0.2, 0.25) is 19.6 Å². The van der Waals surface area contributed by atoms with Crippen molar-refractivity contribution >= 4 is 42.8 Å². The molecule has 0 unspecified atom stereocenters. The molecule has 8 fully saturated rings. The number of halogens is 8. The summed E-state index contributed by atoms with van der Waals surface area (Å²) in [7, 11) is 0.701. The predicted octanol–water partition coefficient (Wildman–Crippen LogP) is 13.3. The molecule has 0 bridgehead atoms. The maximum atomic E-state index is 17.4. The van der Waals surface area contributed by atoms with Gasteiger partial charge in [-0.1, -0.05) is 131 Å². The summed E-state index contributed by atoms with van der Waals surface area (Å²) in [4.78, 5) is 77.8. The number of ketones is 6. The fourth-order valence-electron chi connectivity index (χ4n) is 23.9. The zero-order valence-electron chi connectivity index (χ0n) is 62.9. The van der Waals surface area contributed by atoms with E-state index in [1.807, 2.05) is 37.3 Å². The van der Waals surface area contributed by atoms with Gasteiger partial charge in [0.15, 0.2) is 58.4 Å². The zero-order valence-corrected chi connectivity index (χ0v) is 63.9. The number of aliphatic hydroxyl groups excluding tert-OH is 4. The largest absolute Gasteiger partial charge is 0.390 e. The van der Waals surface area contributed by atoms with Crippen LogP contribution >= 0.6 is 0 Å². The minimum atomic E-state index is -2.19. The Hall–Kier alpha value is -6.24. The second kappa shape index (κ2) is 28.8. The van der Waals surface area contributed by atoms with Gasteiger partial charge in [0.1, 0.15) is 31.8 Å². The molecule has 1 heterocycles. The van der Waals surface area contributed by atoms with Crippen molar-refractivity contribution < 1.29 is 89.1 Å². The standard InChI is InChI=1S/C30H34F3NO3.C21H23F3O3.C21H24F2O4.C13H23NOSi/c1-27-9-8-20(35)11-23(27)24(32)12-22-21-10-19-16-34(15-18-6-4-3-5-7-18)17-29(19,26(37)14-31)28(21,2)13-25(36)30(22,27)33;1-19-9-18(27)21(24)14(12(19)3-4-13(19)17(26)10-22)8-16(23)15-7-11(25)5-6-20(15,21)2;1-19-9-18(27)21(23)14(12(19)3-4-13(19)17(26)10-24)8-16(22)15-7-11(25)5-6-20(15,21)2;1-15-11-14(12-16(2,3)4)10-13-8-6-5-7-9-13/h3-9,11,19,21-22,24-25,36H,10,12-17H2,1-2H3;4-7,12,14,16,18,27H,3,8-10H2,1-2H3;4-7,12,14,16,18,24,27H,3,8-10H2,1-2H3;5-9H,10-12H2,1-4H3/t19-,21-,22-,24-,25-,27-,28-,29+,30-;2*12-,14-,16-,18-,19-,20-,21-;/m000./s1. The molecule has 23 atom stereocenters. The van der Waals surface area contributed by atoms with Gasteiger partial charge in [0.05, 0.1) is 38.5 Å². The Morgan fingerprint density at radius 3 is 1.38 bits per heavy atom. The van der Waals surface area contributed by atoms with Crippen LogP contribution in [0.4, 0.5) is 35.1 Å². The first-order valence-electron chi connectivity index (χ1n) is 37.8. The van der Waals surface area contributed by atoms with E-state index in [1.54, 1.807) is 47.0 Å². The van der Waals surface area contributed by atoms with Gasteiger partial charge in [-0.25, -0.2) is 35.1 Å². The molecule has 0 spiro atoms. The normalized spacial score (nSPS) is 42.3. The molecule has 580 valence electrons. The van der Waals surface area contributed by atoms with Crippen molar-refractivity contribution in [2.24, 2.45) is 79.3 Å². The summed E-state index contributed by atoms with van der Waals surface area (Å²) in [6.07, 6.45) is 7.84. The highest BCUT2D eigenvalue weighted by Crippen LogP contribution is 2.76. The minimum Gasteiger partial charge on any atom is -0.390 e. The lowest BCUT2D eigenvalue weighted by Gasteiger charge is -2.63. The van der Waals surface area contributed by atoms with Crippen LogP contribution < -0.4 is 0 Å². The summed E-state index contributed by atoms with van der Waals surface area (Å²) in [5.41, 5.74) is -11.0. The Morgan fingerprint density at radius 1 is 0.570 bits per heavy atom. The zero-order chi connectivity index (χ0) is 78.0. The summed E-state index contributed by atoms with van der Waals surface area (Å²) < 4.78 is 129. The number of carbonyl (C=O) groups is 6. The molecule has 0 aromatic heterocycles. The van der Waals surface area contributed by atoms with Gasteiger partial charge in [-0.2, -0.15) is 0 Å². The van der Waals surface area contributed by atoms with E-state index in [-0.39, 0.29) is 95.9 Å². The van der Waals surface area contributed by atoms with Gasteiger partial charge in [-0.15, -0.1) is 0 Å². The number of ether oxygens (including phenoxy) is 1. The van der Waals surface area contributed by atoms with Gasteiger partial charge in [-0.3, -0.25) is 38.6 Å². The van der Waals surface area contributed by atoms with Crippen molar-refractivity contribution in [1.82, 2.24) is 9.80 Å². The quantitative estimate of drug-likeness (QED) is 0.0792. The van der Waals surface area contributed by atoms with Gasteiger partial charge in [-0.05, 0) is 184 Å². The SMILES string of the molecule is COCN(Cc1ccccc1)C[Si](C)(C)C.C[C@]12C=CC(=O)C=C1[C@@H](F)C[C@H]1[C@@H]3CC=C(C(=O)CF)[C@@]3(C)C[C@H](O)[C@@]12F.C[C@]12C=CC(=O)C=C1[C@@H](F)C[C@H]1[C@@H]3CC=C(C(=O)CO)[C@@]3(C)C[C@H](O)[C@@]12F.C[C@]12C=CC(=O)C=C1[C@@H](F)C[C@H]1[C@@H]3C[C@H]4CN(Cc5ccccc5)C[C@@]4(C(=O)CF)[C@@]3(C)C[C@H](O)[C@@]12F. The van der Waals surface area contributed by atoms with E-state index in [2.05, 4.69) is 59.8 Å². The molecule has 7 saturated carbocycles. The van der Waals surface area contributed by atoms with E-state index in [4.69, 9.17) is 4.74 Å². The van der Waals surface area contributed by atoms with Gasteiger partial charge in [0, 0.05) is 83.7 Å². The lowest BCUT2D eigenvalue weighted by molar-refractivity contribution is -0.211. The molecule has 2 aromatic carbocycles. The number of carbonyl (C=O) groups excluding carboxylic acids is 6. The monoisotopic (exact) mass is 1510 g/mol. The molecular weight excluding hydrogens is 1410 g/mol. The first kappa shape index (κ1) is 80.3. The fourth-order valence-corrected chi connectivity index (χ4v) is 25.4. The van der Waals surface area contributed by atoms with E-state index < -0.39 is 161 Å². The maximum Gasteiger partial charge on any atom is 0.190 e. The first-order chi connectivity index (χ1) is 50.2. The molecule has 13 aliphatic rings. The third-order valence-electron chi connectivity index (χ3n) is 28.6. The molecule has 2 aromatic rings. The maximum absolute atomic E-state index is 17.4. The molecule has 0 amide bonds. The number of fused-ring (bicyclic) bond motifs is 17. The molecule has 1 saturated heterocycles. The fraction of sp³-hybridized carbons (Fsp3) is 0.600. The van der Waals surface area contributed by atoms with Crippen LogP contribution in [0.3, 0.4) is 0 Å². The highest BCUT2D eigenvalue weighted by Gasteiger charge is 2.79. The van der Waals surface area contributed by atoms with E-state index >= 15 is 26.3 Å². The van der Waals surface area contributed by atoms with Crippen LogP contribution in [0.25, 0.3) is 0 Å². The number of benzene rings is 2. The highest BCUT2D eigenvalue weighted by molar-refractivity contribution is 6.76. The Morgan fingerprint density at radius 2 is 0.981 bits per heavy atom. The number of likely N-dealkylation sites (tertiary alicyclic amines) is 1. The molecule has 107 heavy (non-hydrogen) atoms. The van der Waals surface area contributed by atoms with Crippen molar-refractivity contribution in [2.75, 3.05) is 53.1 Å². The van der Waals surface area contributed by atoms with Gasteiger partial charge < -0.3 is 25.2 Å². The summed E-state index contributed by atoms with van der Waals surface area (Å²) in [5, 5.41) is 42.7. The smallest absolute Gasteiger partial charge is 0.190 e. The van der Waals surface area contributed by atoms with Gasteiger partial charge >= 0.3 is 0 Å². The van der Waals surface area contributed by atoms with E-state index in [0.717, 1.165) is 31.0 Å². The second-order valence-corrected chi connectivity index (χ2v) is 40.9. The Bertz CT molecular complexity index is 3990. The number of aliphatic hydroxyl groups is 4. The predicted molar refractivity (Wildman–Crippen MR) is 392 cm³/mol. The summed E-state index contributed by atoms with van der Waals surface area (Å²) in [6, 6.07) is 20.5. The van der Waals surface area contributed by atoms with Crippen molar-refractivity contribution in [1.29, 1.82) is 0 Å². The summed E-state index contributed by atoms with van der Waals surface area (Å²) in [6.45, 7) is 17.6. The molecule has 0 radical (unpaired) electrons. The molecule has 4 N–H and O–H groups in total. The van der Waals surface area contributed by atoms with Crippen LogP contribution in [0.15, 0.2) is 155 Å². The van der Waals surface area contributed by atoms with E-state index in [9.17, 15) is 58.0 Å². The third kappa shape index (κ3) is 12.5. The molecule has 15 rings (SSSR count). The van der Waals surface area contributed by atoms with Crippen LogP contribution in [-0.2, 0) is 46.6 Å². The van der Waals surface area contributed by atoms with Crippen molar-refractivity contribution in [3.8, 4) is 0 Å². The van der Waals surface area contributed by atoms with Gasteiger partial charge in [0.25, 0.3) is 0 Å². The van der Waals surface area contributed by atoms with Crippen LogP contribution in [-0.4, -0.2) is 180 Å². The van der Waals surface area contributed by atoms with Crippen LogP contribution in [0, 0.1) is 79.3 Å². The number of Topliss-reactive ketones (excluding diaryl/α,β-unsaturated/α-hetero) is 3. The van der Waals surface area contributed by atoms with E-state index in [0.29, 0.717) is 44.5 Å². The minimum absolute atomic E-state index is 0.00626. The van der Waals surface area contributed by atoms with Gasteiger partial charge in [0.2, 0.25) is 0 Å². The second-order valence-electron chi connectivity index (χ2n) is 35.5. The summed E-state index contributed by atoms with van der Waals surface area (Å²) in [5.74, 6) is -6.55. The average Bonchev–Trinajstić information content (AvgIpc) is 1.32. The summed E-state index contributed by atoms with van der Waals surface area (Å²) >= 11 is 0. The number of nitrogens with zero attached hydrogens (tertiary/aromatic N) is 2.